The molecule has 4 heteroatoms. The third-order valence-corrected chi connectivity index (χ3v) is 0.943. The number of ether oxygens (including phenoxy) is 1. The van der Waals surface area contributed by atoms with Crippen molar-refractivity contribution in [2.45, 2.75) is 13.8 Å². The summed E-state index contributed by atoms with van der Waals surface area (Å²) in [6.45, 7) is 4.37. The summed E-state index contributed by atoms with van der Waals surface area (Å²) < 4.78 is 4.77. The molecular formula is C8H12N2OS. The van der Waals surface area contributed by atoms with Gasteiger partial charge < -0.3 is 4.74 Å². The van der Waals surface area contributed by atoms with Crippen LogP contribution in [0, 0.1) is 0 Å². The van der Waals surface area contributed by atoms with E-state index in [4.69, 9.17) is 4.74 Å². The molecule has 3 nitrogen and oxygen atoms in total. The van der Waals surface area contributed by atoms with E-state index >= 15 is 0 Å². The Bertz CT molecular complexity index is 177. The molecule has 0 unspecified atom stereocenters. The van der Waals surface area contributed by atoms with Gasteiger partial charge in [0.2, 0.25) is 0 Å². The summed E-state index contributed by atoms with van der Waals surface area (Å²) in [7, 11) is 0. The molecule has 0 aliphatic heterocycles. The maximum Gasteiger partial charge on any atom is 0.156 e. The lowest BCUT2D eigenvalue weighted by Gasteiger charge is -1.93. The summed E-state index contributed by atoms with van der Waals surface area (Å²) >= 11 is 4.57. The SMILES string of the molecule is CCOC(C)=S.c1cncnc1. The Morgan fingerprint density at radius 1 is 1.42 bits per heavy atom. The highest BCUT2D eigenvalue weighted by Crippen LogP contribution is 1.75. The predicted octanol–water partition coefficient (Wildman–Crippen LogP) is 1.85. The lowest BCUT2D eigenvalue weighted by molar-refractivity contribution is 0.334. The zero-order valence-electron chi connectivity index (χ0n) is 7.23. The molecule has 1 heterocycles. The van der Waals surface area contributed by atoms with Crippen molar-refractivity contribution in [3.63, 3.8) is 0 Å². The van der Waals surface area contributed by atoms with E-state index in [0.29, 0.717) is 11.7 Å². The van der Waals surface area contributed by atoms with E-state index in [1.807, 2.05) is 6.92 Å². The molecule has 0 aliphatic rings. The Labute approximate surface area is 77.8 Å². The van der Waals surface area contributed by atoms with Crippen LogP contribution in [0.5, 0.6) is 0 Å². The Morgan fingerprint density at radius 3 is 2.08 bits per heavy atom. The predicted molar refractivity (Wildman–Crippen MR) is 51.9 cm³/mol. The van der Waals surface area contributed by atoms with Crippen molar-refractivity contribution in [3.8, 4) is 0 Å². The van der Waals surface area contributed by atoms with Gasteiger partial charge in [-0.1, -0.05) is 0 Å². The highest BCUT2D eigenvalue weighted by molar-refractivity contribution is 7.80. The Kier molecular flexibility index (Phi) is 7.38. The third kappa shape index (κ3) is 8.97. The fraction of sp³-hybridized carbons (Fsp3) is 0.375. The average Bonchev–Trinajstić information content (AvgIpc) is 2.08. The average molecular weight is 184 g/mol. The van der Waals surface area contributed by atoms with Gasteiger partial charge in [0.15, 0.2) is 5.05 Å². The molecule has 0 spiro atoms. The largest absolute Gasteiger partial charge is 0.488 e. The first-order chi connectivity index (χ1) is 5.77. The minimum atomic E-state index is 0.623. The van der Waals surface area contributed by atoms with Gasteiger partial charge >= 0.3 is 0 Å². The summed E-state index contributed by atoms with van der Waals surface area (Å²) in [4.78, 5) is 7.35. The van der Waals surface area contributed by atoms with Crippen molar-refractivity contribution in [3.05, 3.63) is 24.8 Å². The van der Waals surface area contributed by atoms with E-state index in [-0.39, 0.29) is 0 Å². The molecule has 0 N–H and O–H groups in total. The molecule has 66 valence electrons. The maximum absolute atomic E-state index is 4.77. The quantitative estimate of drug-likeness (QED) is 0.624. The van der Waals surface area contributed by atoms with Crippen LogP contribution in [0.25, 0.3) is 0 Å². The van der Waals surface area contributed by atoms with Crippen LogP contribution in [-0.2, 0) is 4.74 Å². The highest BCUT2D eigenvalue weighted by atomic mass is 32.1. The minimum Gasteiger partial charge on any atom is -0.488 e. The molecule has 0 fully saturated rings. The fourth-order valence-electron chi connectivity index (χ4n) is 0.457. The second-order valence-corrected chi connectivity index (χ2v) is 2.40. The molecule has 0 aliphatic carbocycles. The molecule has 0 amide bonds. The van der Waals surface area contributed by atoms with Crippen molar-refractivity contribution in [2.75, 3.05) is 6.61 Å². The lowest BCUT2D eigenvalue weighted by Crippen LogP contribution is -1.92. The van der Waals surface area contributed by atoms with Gasteiger partial charge in [-0.2, -0.15) is 0 Å². The van der Waals surface area contributed by atoms with E-state index in [0.717, 1.165) is 0 Å². The number of rotatable bonds is 1. The molecule has 0 radical (unpaired) electrons. The molecule has 0 aromatic carbocycles. The highest BCUT2D eigenvalue weighted by Gasteiger charge is 1.76. The van der Waals surface area contributed by atoms with Crippen molar-refractivity contribution in [1.82, 2.24) is 9.97 Å². The molecule has 0 saturated carbocycles. The number of aromatic nitrogens is 2. The standard InChI is InChI=1S/C4H4N2.C4H8OS/c1-2-5-4-6-3-1;1-3-5-4(2)6/h1-4H;3H2,1-2H3. The Hall–Kier alpha value is -1.03. The van der Waals surface area contributed by atoms with Gasteiger partial charge in [0, 0.05) is 19.3 Å². The van der Waals surface area contributed by atoms with E-state index in [1.54, 1.807) is 25.4 Å². The monoisotopic (exact) mass is 184 g/mol. The topological polar surface area (TPSA) is 35.0 Å². The van der Waals surface area contributed by atoms with Crippen molar-refractivity contribution >= 4 is 17.3 Å². The van der Waals surface area contributed by atoms with Gasteiger partial charge in [-0.25, -0.2) is 9.97 Å². The van der Waals surface area contributed by atoms with Crippen LogP contribution < -0.4 is 0 Å². The zero-order chi connectivity index (χ0) is 9.23. The molecule has 12 heavy (non-hydrogen) atoms. The number of hydrogen-bond donors (Lipinski definition) is 0. The molecular weight excluding hydrogens is 172 g/mol. The second kappa shape index (κ2) is 8.07. The normalized spacial score (nSPS) is 7.83. The van der Waals surface area contributed by atoms with E-state index < -0.39 is 0 Å². The second-order valence-electron chi connectivity index (χ2n) is 1.83. The fourth-order valence-corrected chi connectivity index (χ4v) is 0.574. The van der Waals surface area contributed by atoms with Crippen LogP contribution in [0.15, 0.2) is 24.8 Å². The maximum atomic E-state index is 4.77. The van der Waals surface area contributed by atoms with Gasteiger partial charge in [-0.15, -0.1) is 0 Å². The van der Waals surface area contributed by atoms with Gasteiger partial charge in [-0.3, -0.25) is 0 Å². The summed E-state index contributed by atoms with van der Waals surface area (Å²) in [5, 5.41) is 0.623. The van der Waals surface area contributed by atoms with Crippen molar-refractivity contribution < 1.29 is 4.74 Å². The number of hydrogen-bond acceptors (Lipinski definition) is 4. The van der Waals surface area contributed by atoms with E-state index in [2.05, 4.69) is 22.2 Å². The molecule has 1 aromatic heterocycles. The summed E-state index contributed by atoms with van der Waals surface area (Å²) in [6.07, 6.45) is 4.88. The van der Waals surface area contributed by atoms with Crippen LogP contribution in [0.3, 0.4) is 0 Å². The molecule has 0 saturated heterocycles. The smallest absolute Gasteiger partial charge is 0.156 e. The zero-order valence-corrected chi connectivity index (χ0v) is 8.04. The van der Waals surface area contributed by atoms with Gasteiger partial charge in [-0.05, 0) is 25.2 Å². The van der Waals surface area contributed by atoms with Crippen LogP contribution >= 0.6 is 12.2 Å². The van der Waals surface area contributed by atoms with Crippen LogP contribution in [0.2, 0.25) is 0 Å². The van der Waals surface area contributed by atoms with Gasteiger partial charge in [0.1, 0.15) is 6.33 Å². The summed E-state index contributed by atoms with van der Waals surface area (Å²) in [5.41, 5.74) is 0. The summed E-state index contributed by atoms with van der Waals surface area (Å²) in [6, 6.07) is 1.78. The molecule has 0 atom stereocenters. The van der Waals surface area contributed by atoms with Crippen molar-refractivity contribution in [1.29, 1.82) is 0 Å². The third-order valence-electron chi connectivity index (χ3n) is 0.825. The van der Waals surface area contributed by atoms with E-state index in [9.17, 15) is 0 Å². The molecule has 1 aromatic rings. The first-order valence-corrected chi connectivity index (χ1v) is 4.01. The Morgan fingerprint density at radius 2 is 2.00 bits per heavy atom. The van der Waals surface area contributed by atoms with Gasteiger partial charge in [0.05, 0.1) is 6.61 Å². The Balaban J connectivity index is 0.000000202. The van der Waals surface area contributed by atoms with Crippen LogP contribution in [-0.4, -0.2) is 21.6 Å². The molecule has 0 bridgehead atoms. The van der Waals surface area contributed by atoms with E-state index in [1.165, 1.54) is 6.33 Å². The van der Waals surface area contributed by atoms with Crippen LogP contribution in [0.1, 0.15) is 13.8 Å². The minimum absolute atomic E-state index is 0.623. The molecule has 1 rings (SSSR count). The lowest BCUT2D eigenvalue weighted by atomic mass is 10.7. The van der Waals surface area contributed by atoms with Crippen LogP contribution in [0.4, 0.5) is 0 Å². The van der Waals surface area contributed by atoms with Crippen molar-refractivity contribution in [2.24, 2.45) is 0 Å². The first kappa shape index (κ1) is 11.0. The number of nitrogens with zero attached hydrogens (tertiary/aromatic N) is 2. The first-order valence-electron chi connectivity index (χ1n) is 3.60. The van der Waals surface area contributed by atoms with Gasteiger partial charge in [0.25, 0.3) is 0 Å². The summed E-state index contributed by atoms with van der Waals surface area (Å²) in [5.74, 6) is 0. The number of thiocarbonyl (C=S) groups is 1.